The lowest BCUT2D eigenvalue weighted by Crippen LogP contribution is -2.36. The van der Waals surface area contributed by atoms with E-state index in [1.54, 1.807) is 11.3 Å². The van der Waals surface area contributed by atoms with E-state index in [1.807, 2.05) is 18.3 Å². The highest BCUT2D eigenvalue weighted by Gasteiger charge is 2.42. The molecule has 1 N–H and O–H groups in total. The summed E-state index contributed by atoms with van der Waals surface area (Å²) < 4.78 is 5.86. The minimum Gasteiger partial charge on any atom is -0.376 e. The fourth-order valence-corrected chi connectivity index (χ4v) is 4.97. The molecule has 4 nitrogen and oxygen atoms in total. The van der Waals surface area contributed by atoms with E-state index >= 15 is 0 Å². The smallest absolute Gasteiger partial charge is 0.170 e. The monoisotopic (exact) mass is 359 g/mol. The molecule has 4 rings (SSSR count). The fourth-order valence-electron chi connectivity index (χ4n) is 3.58. The van der Waals surface area contributed by atoms with E-state index in [0.717, 1.165) is 36.8 Å². The van der Waals surface area contributed by atoms with Gasteiger partial charge in [-0.05, 0) is 61.1 Å². The Morgan fingerprint density at radius 1 is 1.42 bits per heavy atom. The van der Waals surface area contributed by atoms with Crippen molar-refractivity contribution in [2.75, 3.05) is 13.2 Å². The third kappa shape index (κ3) is 2.94. The number of thiocarbonyl (C=S) groups is 1. The summed E-state index contributed by atoms with van der Waals surface area (Å²) in [4.78, 5) is 8.24. The number of nitrogens with zero attached hydrogens (tertiary/aromatic N) is 2. The SMILES string of the molecule is Cc1ccsc1[C@H]1[C@@H](c2ccccn2)NC(=S)N1C[C@@H]1CCCO1. The maximum atomic E-state index is 5.86. The standard InChI is InChI=1S/C18H21N3OS2/c1-12-7-10-24-17(12)16-15(14-6-2-3-8-19-14)20-18(23)21(16)11-13-5-4-9-22-13/h2-3,6-8,10,13,15-16H,4-5,9,11H2,1H3,(H,20,23)/t13-,15+,16+/m0/s1. The van der Waals surface area contributed by atoms with Crippen molar-refractivity contribution in [2.45, 2.75) is 38.0 Å². The van der Waals surface area contributed by atoms with E-state index in [4.69, 9.17) is 17.0 Å². The van der Waals surface area contributed by atoms with E-state index in [0.29, 0.717) is 0 Å². The van der Waals surface area contributed by atoms with Crippen molar-refractivity contribution in [2.24, 2.45) is 0 Å². The quantitative estimate of drug-likeness (QED) is 0.844. The first-order valence-corrected chi connectivity index (χ1v) is 9.66. The lowest BCUT2D eigenvalue weighted by Gasteiger charge is -2.29. The van der Waals surface area contributed by atoms with Gasteiger partial charge in [0.05, 0.1) is 23.9 Å². The summed E-state index contributed by atoms with van der Waals surface area (Å²) in [5, 5.41) is 6.47. The van der Waals surface area contributed by atoms with Crippen molar-refractivity contribution in [1.29, 1.82) is 0 Å². The summed E-state index contributed by atoms with van der Waals surface area (Å²) in [7, 11) is 0. The van der Waals surface area contributed by atoms with Crippen LogP contribution in [0.4, 0.5) is 0 Å². The van der Waals surface area contributed by atoms with Gasteiger partial charge in [-0.15, -0.1) is 11.3 Å². The summed E-state index contributed by atoms with van der Waals surface area (Å²) in [6.45, 7) is 3.88. The molecule has 0 radical (unpaired) electrons. The highest BCUT2D eigenvalue weighted by Crippen LogP contribution is 2.42. The zero-order chi connectivity index (χ0) is 16.5. The molecule has 24 heavy (non-hydrogen) atoms. The van der Waals surface area contributed by atoms with Crippen LogP contribution in [-0.4, -0.2) is 34.3 Å². The van der Waals surface area contributed by atoms with Crippen molar-refractivity contribution in [3.63, 3.8) is 0 Å². The van der Waals surface area contributed by atoms with E-state index in [9.17, 15) is 0 Å². The molecule has 0 aromatic carbocycles. The van der Waals surface area contributed by atoms with Crippen LogP contribution in [-0.2, 0) is 4.74 Å². The molecule has 0 spiro atoms. The van der Waals surface area contributed by atoms with Gasteiger partial charge >= 0.3 is 0 Å². The number of hydrogen-bond donors (Lipinski definition) is 1. The Hall–Kier alpha value is -1.50. The largest absolute Gasteiger partial charge is 0.376 e. The van der Waals surface area contributed by atoms with E-state index in [1.165, 1.54) is 10.4 Å². The molecule has 2 aromatic rings. The van der Waals surface area contributed by atoms with Gasteiger partial charge in [-0.3, -0.25) is 4.98 Å². The predicted octanol–water partition coefficient (Wildman–Crippen LogP) is 3.60. The number of aryl methyl sites for hydroxylation is 1. The van der Waals surface area contributed by atoms with Gasteiger partial charge in [0.1, 0.15) is 0 Å². The highest BCUT2D eigenvalue weighted by molar-refractivity contribution is 7.80. The van der Waals surface area contributed by atoms with Crippen LogP contribution in [0.1, 0.15) is 41.1 Å². The second-order valence-electron chi connectivity index (χ2n) is 6.38. The summed E-state index contributed by atoms with van der Waals surface area (Å²) in [6, 6.07) is 8.50. The highest BCUT2D eigenvalue weighted by atomic mass is 32.1. The number of nitrogens with one attached hydrogen (secondary N) is 1. The molecule has 0 aliphatic carbocycles. The minimum atomic E-state index is 0.0810. The van der Waals surface area contributed by atoms with Crippen molar-refractivity contribution in [3.8, 4) is 0 Å². The number of aromatic nitrogens is 1. The third-order valence-corrected chi connectivity index (χ3v) is 6.23. The third-order valence-electron chi connectivity index (χ3n) is 4.79. The zero-order valence-electron chi connectivity index (χ0n) is 13.6. The minimum absolute atomic E-state index is 0.0810. The maximum Gasteiger partial charge on any atom is 0.170 e. The molecule has 0 bridgehead atoms. The van der Waals surface area contributed by atoms with Gasteiger partial charge < -0.3 is 15.0 Å². The lowest BCUT2D eigenvalue weighted by molar-refractivity contribution is 0.0845. The van der Waals surface area contributed by atoms with Crippen LogP contribution in [0, 0.1) is 6.92 Å². The molecule has 6 heteroatoms. The predicted molar refractivity (Wildman–Crippen MR) is 100 cm³/mol. The number of rotatable bonds is 4. The summed E-state index contributed by atoms with van der Waals surface area (Å²) in [5.74, 6) is 0. The van der Waals surface area contributed by atoms with Crippen LogP contribution in [0.25, 0.3) is 0 Å². The Kier molecular flexibility index (Phi) is 4.52. The zero-order valence-corrected chi connectivity index (χ0v) is 15.3. The van der Waals surface area contributed by atoms with Gasteiger partial charge in [-0.1, -0.05) is 6.07 Å². The summed E-state index contributed by atoms with van der Waals surface area (Å²) in [6.07, 6.45) is 4.38. The molecule has 2 aliphatic rings. The molecule has 0 unspecified atom stereocenters. The molecular formula is C18H21N3OS2. The van der Waals surface area contributed by atoms with E-state index in [2.05, 4.69) is 39.6 Å². The van der Waals surface area contributed by atoms with Gasteiger partial charge in [0, 0.05) is 24.2 Å². The molecule has 2 aromatic heterocycles. The number of thiophene rings is 1. The van der Waals surface area contributed by atoms with Crippen LogP contribution >= 0.6 is 23.6 Å². The Labute approximate surface area is 151 Å². The van der Waals surface area contributed by atoms with Crippen LogP contribution in [0.5, 0.6) is 0 Å². The average Bonchev–Trinajstić information content (AvgIpc) is 3.31. The van der Waals surface area contributed by atoms with Gasteiger partial charge in [0.25, 0.3) is 0 Å². The Morgan fingerprint density at radius 3 is 3.00 bits per heavy atom. The number of ether oxygens (including phenoxy) is 1. The van der Waals surface area contributed by atoms with Gasteiger partial charge in [0.2, 0.25) is 0 Å². The first kappa shape index (κ1) is 16.0. The topological polar surface area (TPSA) is 37.4 Å². The molecule has 126 valence electrons. The van der Waals surface area contributed by atoms with Crippen LogP contribution in [0.15, 0.2) is 35.8 Å². The van der Waals surface area contributed by atoms with Crippen LogP contribution < -0.4 is 5.32 Å². The average molecular weight is 360 g/mol. The van der Waals surface area contributed by atoms with Crippen LogP contribution in [0.2, 0.25) is 0 Å². The molecule has 0 amide bonds. The number of pyridine rings is 1. The molecule has 2 saturated heterocycles. The number of hydrogen-bond acceptors (Lipinski definition) is 4. The Balaban J connectivity index is 1.69. The molecule has 0 saturated carbocycles. The van der Waals surface area contributed by atoms with Gasteiger partial charge in [-0.2, -0.15) is 0 Å². The van der Waals surface area contributed by atoms with Crippen molar-refractivity contribution in [3.05, 3.63) is 52.0 Å². The first-order chi connectivity index (χ1) is 11.7. The molecule has 3 atom stereocenters. The lowest BCUT2D eigenvalue weighted by atomic mass is 10.0. The first-order valence-electron chi connectivity index (χ1n) is 8.37. The van der Waals surface area contributed by atoms with Crippen molar-refractivity contribution >= 4 is 28.7 Å². The van der Waals surface area contributed by atoms with E-state index in [-0.39, 0.29) is 18.2 Å². The summed E-state index contributed by atoms with van der Waals surface area (Å²) >= 11 is 7.48. The molecule has 2 aliphatic heterocycles. The Morgan fingerprint density at radius 2 is 2.33 bits per heavy atom. The van der Waals surface area contributed by atoms with Gasteiger partial charge in [-0.25, -0.2) is 0 Å². The maximum absolute atomic E-state index is 5.86. The van der Waals surface area contributed by atoms with Gasteiger partial charge in [0.15, 0.2) is 5.11 Å². The molecular weight excluding hydrogens is 338 g/mol. The second kappa shape index (κ2) is 6.78. The Bertz CT molecular complexity index is 712. The fraction of sp³-hybridized carbons (Fsp3) is 0.444. The summed E-state index contributed by atoms with van der Waals surface area (Å²) in [5.41, 5.74) is 2.35. The second-order valence-corrected chi connectivity index (χ2v) is 7.72. The van der Waals surface area contributed by atoms with Crippen LogP contribution in [0.3, 0.4) is 0 Å². The van der Waals surface area contributed by atoms with Crippen molar-refractivity contribution < 1.29 is 4.74 Å². The molecule has 4 heterocycles. The normalized spacial score (nSPS) is 26.8. The van der Waals surface area contributed by atoms with E-state index < -0.39 is 0 Å². The van der Waals surface area contributed by atoms with Crippen molar-refractivity contribution in [1.82, 2.24) is 15.2 Å². The molecule has 2 fully saturated rings.